The Kier molecular flexibility index (Phi) is 9.41. The van der Waals surface area contributed by atoms with E-state index in [2.05, 4.69) is 30.2 Å². The van der Waals surface area contributed by atoms with Crippen LogP contribution in [0.25, 0.3) is 17.5 Å². The van der Waals surface area contributed by atoms with E-state index in [-0.39, 0.29) is 16.8 Å². The maximum Gasteiger partial charge on any atom is 2.00 e. The molecule has 0 spiro atoms. The summed E-state index contributed by atoms with van der Waals surface area (Å²) in [7, 11) is 0. The van der Waals surface area contributed by atoms with Crippen molar-refractivity contribution in [2.24, 2.45) is 0 Å². The molecule has 0 unspecified atom stereocenters. The van der Waals surface area contributed by atoms with Crippen molar-refractivity contribution in [2.75, 3.05) is 0 Å². The van der Waals surface area contributed by atoms with Crippen LogP contribution in [-0.2, 0) is 16.8 Å². The zero-order valence-corrected chi connectivity index (χ0v) is 19.0. The quantitative estimate of drug-likeness (QED) is 0.372. The summed E-state index contributed by atoms with van der Waals surface area (Å²) in [6.07, 6.45) is 16.0. The van der Waals surface area contributed by atoms with Crippen molar-refractivity contribution in [3.05, 3.63) is 129 Å². The summed E-state index contributed by atoms with van der Waals surface area (Å²) < 4.78 is 5.17. The van der Waals surface area contributed by atoms with Crippen LogP contribution in [0.5, 0.6) is 0 Å². The Morgan fingerprint density at radius 1 is 0.382 bits per heavy atom. The Bertz CT molecular complexity index is 1110. The molecule has 0 bridgehead atoms. The summed E-state index contributed by atoms with van der Waals surface area (Å²) in [5, 5.41) is 12.1. The predicted octanol–water partition coefficient (Wildman–Crippen LogP) is 3.80. The predicted molar refractivity (Wildman–Crippen MR) is 124 cm³/mol. The van der Waals surface area contributed by atoms with Gasteiger partial charge in [0, 0.05) is 55.8 Å². The third kappa shape index (κ3) is 7.05. The van der Waals surface area contributed by atoms with Gasteiger partial charge in [-0.25, -0.2) is 29.0 Å². The largest absolute Gasteiger partial charge is 2.00 e. The molecule has 0 fully saturated rings. The van der Waals surface area contributed by atoms with Gasteiger partial charge in [-0.05, 0) is 54.6 Å². The molecule has 0 atom stereocenters. The van der Waals surface area contributed by atoms with Gasteiger partial charge in [-0.15, -0.1) is 0 Å². The molecule has 34 heavy (non-hydrogen) atoms. The van der Waals surface area contributed by atoms with Crippen molar-refractivity contribution in [1.82, 2.24) is 44.3 Å². The first-order valence-electron chi connectivity index (χ1n) is 10.1. The van der Waals surface area contributed by atoms with Crippen molar-refractivity contribution in [3.63, 3.8) is 0 Å². The standard InChI is InChI=1S/3C8H7N3.Co/c3*1-2-5-9-8(4-1)11-7-3-6-10-11;/h3*1-7H;/q;;;+2. The summed E-state index contributed by atoms with van der Waals surface area (Å²) in [6, 6.07) is 22.8. The molecule has 9 nitrogen and oxygen atoms in total. The second-order valence-electron chi connectivity index (χ2n) is 6.42. The van der Waals surface area contributed by atoms with Gasteiger partial charge >= 0.3 is 16.8 Å². The molecule has 0 saturated heterocycles. The first-order chi connectivity index (χ1) is 16.4. The average Bonchev–Trinajstić information content (AvgIpc) is 3.70. The number of hydrogen-bond acceptors (Lipinski definition) is 6. The molecule has 0 N–H and O–H groups in total. The molecule has 6 aromatic rings. The topological polar surface area (TPSA) is 92.1 Å². The van der Waals surface area contributed by atoms with E-state index in [1.807, 2.05) is 91.4 Å². The van der Waals surface area contributed by atoms with Gasteiger partial charge in [-0.3, -0.25) is 0 Å². The van der Waals surface area contributed by atoms with Gasteiger partial charge in [0.15, 0.2) is 17.5 Å². The average molecular weight is 494 g/mol. The molecule has 6 rings (SSSR count). The number of pyridine rings is 3. The van der Waals surface area contributed by atoms with Crippen LogP contribution in [-0.4, -0.2) is 44.3 Å². The van der Waals surface area contributed by atoms with Crippen LogP contribution in [0.2, 0.25) is 0 Å². The van der Waals surface area contributed by atoms with Gasteiger partial charge in [-0.1, -0.05) is 18.2 Å². The van der Waals surface area contributed by atoms with Crippen LogP contribution in [0.3, 0.4) is 0 Å². The molecule has 0 aliphatic rings. The fraction of sp³-hybridized carbons (Fsp3) is 0. The number of rotatable bonds is 3. The van der Waals surface area contributed by atoms with E-state index in [9.17, 15) is 0 Å². The monoisotopic (exact) mass is 494 g/mol. The van der Waals surface area contributed by atoms with Gasteiger partial charge in [0.2, 0.25) is 0 Å². The fourth-order valence-corrected chi connectivity index (χ4v) is 2.68. The van der Waals surface area contributed by atoms with Crippen LogP contribution < -0.4 is 0 Å². The van der Waals surface area contributed by atoms with E-state index < -0.39 is 0 Å². The minimum atomic E-state index is 0. The van der Waals surface area contributed by atoms with E-state index in [0.717, 1.165) is 17.5 Å². The van der Waals surface area contributed by atoms with Crippen molar-refractivity contribution in [3.8, 4) is 17.5 Å². The SMILES string of the molecule is [Co+2].c1ccc(-n2cccn2)nc1.c1ccc(-n2cccn2)nc1.c1ccc(-n2cccn2)nc1. The molecule has 0 amide bonds. The van der Waals surface area contributed by atoms with Crippen LogP contribution in [0.1, 0.15) is 0 Å². The third-order valence-corrected chi connectivity index (χ3v) is 4.17. The molecule has 0 aromatic carbocycles. The molecule has 1 radical (unpaired) electrons. The summed E-state index contributed by atoms with van der Waals surface area (Å²) in [5.41, 5.74) is 0. The Morgan fingerprint density at radius 2 is 0.706 bits per heavy atom. The smallest absolute Gasteiger partial charge is 0.237 e. The van der Waals surface area contributed by atoms with Crippen LogP contribution in [0.4, 0.5) is 0 Å². The first kappa shape index (κ1) is 24.2. The van der Waals surface area contributed by atoms with Crippen molar-refractivity contribution in [1.29, 1.82) is 0 Å². The van der Waals surface area contributed by atoms with Gasteiger partial charge in [0.05, 0.1) is 0 Å². The number of hydrogen-bond donors (Lipinski definition) is 0. The first-order valence-corrected chi connectivity index (χ1v) is 10.1. The van der Waals surface area contributed by atoms with E-state index in [0.29, 0.717) is 0 Å². The van der Waals surface area contributed by atoms with Crippen molar-refractivity contribution in [2.45, 2.75) is 0 Å². The molecular weight excluding hydrogens is 473 g/mol. The summed E-state index contributed by atoms with van der Waals surface area (Å²) in [6.45, 7) is 0. The zero-order chi connectivity index (χ0) is 22.6. The molecule has 10 heteroatoms. The van der Waals surface area contributed by atoms with Crippen molar-refractivity contribution < 1.29 is 16.8 Å². The van der Waals surface area contributed by atoms with E-state index >= 15 is 0 Å². The van der Waals surface area contributed by atoms with Crippen LogP contribution in [0, 0.1) is 0 Å². The maximum absolute atomic E-state index is 4.12. The van der Waals surface area contributed by atoms with Gasteiger partial charge in [-0.2, -0.15) is 15.3 Å². The van der Waals surface area contributed by atoms with E-state index in [1.165, 1.54) is 0 Å². The van der Waals surface area contributed by atoms with Gasteiger partial charge in [0.25, 0.3) is 0 Å². The maximum atomic E-state index is 4.12. The molecule has 0 aliphatic carbocycles. The van der Waals surface area contributed by atoms with E-state index in [1.54, 1.807) is 51.2 Å². The molecular formula is C24H21CoN9+2. The third-order valence-electron chi connectivity index (χ3n) is 4.17. The van der Waals surface area contributed by atoms with Gasteiger partial charge < -0.3 is 0 Å². The Hall–Kier alpha value is -4.41. The van der Waals surface area contributed by atoms with Gasteiger partial charge in [0.1, 0.15) is 0 Å². The van der Waals surface area contributed by atoms with Crippen LogP contribution >= 0.6 is 0 Å². The minimum Gasteiger partial charge on any atom is -0.237 e. The zero-order valence-electron chi connectivity index (χ0n) is 18.0. The molecule has 0 aliphatic heterocycles. The number of aromatic nitrogens is 9. The molecule has 0 saturated carbocycles. The molecule has 6 aromatic heterocycles. The summed E-state index contributed by atoms with van der Waals surface area (Å²) in [4.78, 5) is 12.4. The Morgan fingerprint density at radius 3 is 0.912 bits per heavy atom. The minimum absolute atomic E-state index is 0. The Balaban J connectivity index is 0.000000141. The Labute approximate surface area is 207 Å². The summed E-state index contributed by atoms with van der Waals surface area (Å²) in [5.74, 6) is 2.53. The fourth-order valence-electron chi connectivity index (χ4n) is 2.68. The second-order valence-corrected chi connectivity index (χ2v) is 6.42. The molecule has 6 heterocycles. The summed E-state index contributed by atoms with van der Waals surface area (Å²) >= 11 is 0. The molecule has 169 valence electrons. The number of nitrogens with zero attached hydrogens (tertiary/aromatic N) is 9. The van der Waals surface area contributed by atoms with E-state index in [4.69, 9.17) is 0 Å². The second kappa shape index (κ2) is 13.2. The van der Waals surface area contributed by atoms with Crippen LogP contribution in [0.15, 0.2) is 129 Å². The van der Waals surface area contributed by atoms with Crippen molar-refractivity contribution >= 4 is 0 Å². The normalized spacial score (nSPS) is 9.53.